The molecule has 0 saturated carbocycles. The topological polar surface area (TPSA) is 39.9 Å². The van der Waals surface area contributed by atoms with E-state index in [1.165, 1.54) is 12.3 Å². The second-order valence-electron chi connectivity index (χ2n) is 4.60. The third kappa shape index (κ3) is 3.01. The minimum Gasteiger partial charge on any atom is -0.299 e. The van der Waals surface area contributed by atoms with Crippen molar-refractivity contribution >= 4 is 11.8 Å². The maximum absolute atomic E-state index is 13.0. The Hall–Kier alpha value is -1.12. The lowest BCUT2D eigenvalue weighted by Crippen LogP contribution is -2.41. The molecule has 0 atom stereocenters. The number of halogens is 1. The molecule has 1 aromatic heterocycles. The monoisotopic (exact) mass is 265 g/mol. The van der Waals surface area contributed by atoms with Gasteiger partial charge in [-0.2, -0.15) is 5.26 Å². The highest BCUT2D eigenvalue weighted by Gasteiger charge is 2.33. The number of likely N-dealkylation sites (tertiary alicyclic amines) is 1. The van der Waals surface area contributed by atoms with Gasteiger partial charge in [0.05, 0.1) is 12.3 Å². The Kier molecular flexibility index (Phi) is 4.20. The van der Waals surface area contributed by atoms with Gasteiger partial charge in [0.25, 0.3) is 0 Å². The molecule has 96 valence electrons. The van der Waals surface area contributed by atoms with E-state index < -0.39 is 0 Å². The van der Waals surface area contributed by atoms with Crippen molar-refractivity contribution in [1.29, 1.82) is 5.26 Å². The fourth-order valence-electron chi connectivity index (χ4n) is 2.23. The lowest BCUT2D eigenvalue weighted by molar-refractivity contribution is 0.209. The van der Waals surface area contributed by atoms with Gasteiger partial charge in [-0.25, -0.2) is 4.39 Å². The molecule has 0 radical (unpaired) electrons. The van der Waals surface area contributed by atoms with Crippen LogP contribution in [0.5, 0.6) is 0 Å². The number of nitriles is 1. The molecule has 1 aromatic rings. The van der Waals surface area contributed by atoms with Crippen LogP contribution in [0.3, 0.4) is 0 Å². The third-order valence-electron chi connectivity index (χ3n) is 3.43. The maximum Gasteiger partial charge on any atom is 0.141 e. The van der Waals surface area contributed by atoms with Crippen molar-refractivity contribution in [1.82, 2.24) is 9.88 Å². The second-order valence-corrected chi connectivity index (χ2v) is 5.79. The van der Waals surface area contributed by atoms with Gasteiger partial charge >= 0.3 is 0 Å². The van der Waals surface area contributed by atoms with E-state index in [0.29, 0.717) is 6.54 Å². The van der Waals surface area contributed by atoms with Crippen LogP contribution >= 0.6 is 11.8 Å². The van der Waals surface area contributed by atoms with Crippen LogP contribution in [0.25, 0.3) is 0 Å². The number of pyridine rings is 1. The van der Waals surface area contributed by atoms with E-state index >= 15 is 0 Å². The van der Waals surface area contributed by atoms with Crippen LogP contribution in [0.15, 0.2) is 18.5 Å². The Bertz CT molecular complexity index is 450. The summed E-state index contributed by atoms with van der Waals surface area (Å²) in [6.45, 7) is 2.47. The van der Waals surface area contributed by atoms with Crippen LogP contribution in [0.4, 0.5) is 4.39 Å². The van der Waals surface area contributed by atoms with Crippen LogP contribution in [0, 0.1) is 17.1 Å². The quantitative estimate of drug-likeness (QED) is 0.841. The molecule has 0 aliphatic carbocycles. The molecule has 1 aliphatic rings. The highest BCUT2D eigenvalue weighted by Crippen LogP contribution is 2.34. The van der Waals surface area contributed by atoms with Gasteiger partial charge in [0.2, 0.25) is 0 Å². The summed E-state index contributed by atoms with van der Waals surface area (Å²) >= 11 is 1.64. The molecule has 18 heavy (non-hydrogen) atoms. The van der Waals surface area contributed by atoms with E-state index in [2.05, 4.69) is 16.0 Å². The molecule has 0 N–H and O–H groups in total. The first-order valence-electron chi connectivity index (χ1n) is 5.96. The minimum absolute atomic E-state index is 0.226. The van der Waals surface area contributed by atoms with Gasteiger partial charge in [0.15, 0.2) is 0 Å². The summed E-state index contributed by atoms with van der Waals surface area (Å²) in [7, 11) is 0. The molecule has 0 bridgehead atoms. The average molecular weight is 265 g/mol. The third-order valence-corrected chi connectivity index (χ3v) is 4.71. The summed E-state index contributed by atoms with van der Waals surface area (Å²) in [5, 5.41) is 9.20. The summed E-state index contributed by atoms with van der Waals surface area (Å²) in [5.41, 5.74) is 0.892. The molecular weight excluding hydrogens is 249 g/mol. The first-order chi connectivity index (χ1) is 8.67. The van der Waals surface area contributed by atoms with Crippen molar-refractivity contribution in [2.24, 2.45) is 0 Å². The number of rotatable bonds is 3. The lowest BCUT2D eigenvalue weighted by Gasteiger charge is -2.36. The summed E-state index contributed by atoms with van der Waals surface area (Å²) in [5.74, 6) is -0.292. The van der Waals surface area contributed by atoms with Crippen molar-refractivity contribution in [3.63, 3.8) is 0 Å². The Labute approximate surface area is 111 Å². The zero-order chi connectivity index (χ0) is 13.0. The largest absolute Gasteiger partial charge is 0.299 e. The number of nitrogens with zero attached hydrogens (tertiary/aromatic N) is 3. The number of hydrogen-bond donors (Lipinski definition) is 0. The predicted molar refractivity (Wildman–Crippen MR) is 70.6 cm³/mol. The molecule has 1 aliphatic heterocycles. The Morgan fingerprint density at radius 1 is 1.50 bits per heavy atom. The average Bonchev–Trinajstić information content (AvgIpc) is 2.40. The van der Waals surface area contributed by atoms with Crippen molar-refractivity contribution in [2.75, 3.05) is 19.3 Å². The molecule has 0 aromatic carbocycles. The van der Waals surface area contributed by atoms with Crippen LogP contribution in [-0.2, 0) is 6.54 Å². The Morgan fingerprint density at radius 3 is 2.78 bits per heavy atom. The minimum atomic E-state index is -0.292. The fraction of sp³-hybridized carbons (Fsp3) is 0.538. The number of hydrogen-bond acceptors (Lipinski definition) is 4. The zero-order valence-corrected chi connectivity index (χ0v) is 11.2. The fourth-order valence-corrected chi connectivity index (χ4v) is 2.92. The van der Waals surface area contributed by atoms with Crippen molar-refractivity contribution in [3.8, 4) is 6.07 Å². The van der Waals surface area contributed by atoms with Crippen molar-refractivity contribution < 1.29 is 4.39 Å². The van der Waals surface area contributed by atoms with Gasteiger partial charge in [-0.1, -0.05) is 0 Å². The van der Waals surface area contributed by atoms with Gasteiger partial charge in [-0.15, -0.1) is 11.8 Å². The van der Waals surface area contributed by atoms with E-state index in [9.17, 15) is 9.65 Å². The molecule has 1 saturated heterocycles. The molecule has 1 fully saturated rings. The highest BCUT2D eigenvalue weighted by atomic mass is 32.2. The summed E-state index contributed by atoms with van der Waals surface area (Å²) in [4.78, 5) is 6.10. The molecular formula is C13H16FN3S. The summed E-state index contributed by atoms with van der Waals surface area (Å²) < 4.78 is 12.8. The molecule has 2 rings (SSSR count). The van der Waals surface area contributed by atoms with Crippen LogP contribution in [0.2, 0.25) is 0 Å². The number of aromatic nitrogens is 1. The molecule has 0 spiro atoms. The van der Waals surface area contributed by atoms with Crippen molar-refractivity contribution in [2.45, 2.75) is 24.1 Å². The maximum atomic E-state index is 13.0. The Balaban J connectivity index is 1.93. The van der Waals surface area contributed by atoms with Gasteiger partial charge in [-0.05, 0) is 30.7 Å². The van der Waals surface area contributed by atoms with E-state index in [-0.39, 0.29) is 10.6 Å². The second kappa shape index (κ2) is 5.68. The highest BCUT2D eigenvalue weighted by molar-refractivity contribution is 8.00. The van der Waals surface area contributed by atoms with Crippen LogP contribution in [-0.4, -0.2) is 34.0 Å². The van der Waals surface area contributed by atoms with Crippen LogP contribution in [0.1, 0.15) is 18.4 Å². The molecule has 0 amide bonds. The zero-order valence-electron chi connectivity index (χ0n) is 10.4. The first kappa shape index (κ1) is 13.3. The van der Waals surface area contributed by atoms with E-state index in [4.69, 9.17) is 0 Å². The predicted octanol–water partition coefficient (Wildman–Crippen LogP) is 2.44. The SMILES string of the molecule is CSC1(C#N)CCN(Cc2cncc(F)c2)CC1. The first-order valence-corrected chi connectivity index (χ1v) is 7.18. The van der Waals surface area contributed by atoms with Gasteiger partial charge < -0.3 is 0 Å². The van der Waals surface area contributed by atoms with E-state index in [1.54, 1.807) is 18.0 Å². The lowest BCUT2D eigenvalue weighted by atomic mass is 9.97. The summed E-state index contributed by atoms with van der Waals surface area (Å²) in [6, 6.07) is 3.95. The van der Waals surface area contributed by atoms with E-state index in [1.807, 2.05) is 6.26 Å². The molecule has 2 heterocycles. The van der Waals surface area contributed by atoms with Crippen LogP contribution < -0.4 is 0 Å². The molecule has 3 nitrogen and oxygen atoms in total. The summed E-state index contributed by atoms with van der Waals surface area (Å²) in [6.07, 6.45) is 6.65. The number of piperidine rings is 1. The van der Waals surface area contributed by atoms with E-state index in [0.717, 1.165) is 31.5 Å². The normalized spacial score (nSPS) is 19.4. The smallest absolute Gasteiger partial charge is 0.141 e. The molecule has 5 heteroatoms. The standard InChI is InChI=1S/C13H16FN3S/c1-18-13(10-15)2-4-17(5-3-13)9-11-6-12(14)8-16-7-11/h6-8H,2-5,9H2,1H3. The molecule has 0 unspecified atom stereocenters. The van der Waals surface area contributed by atoms with Gasteiger partial charge in [-0.3, -0.25) is 9.88 Å². The van der Waals surface area contributed by atoms with Gasteiger partial charge in [0.1, 0.15) is 10.6 Å². The Morgan fingerprint density at radius 2 is 2.22 bits per heavy atom. The van der Waals surface area contributed by atoms with Crippen molar-refractivity contribution in [3.05, 3.63) is 29.8 Å². The number of thioether (sulfide) groups is 1. The van der Waals surface area contributed by atoms with Gasteiger partial charge in [0, 0.05) is 25.8 Å².